The molecule has 88 valence electrons. The fourth-order valence-electron chi connectivity index (χ4n) is 1.93. The zero-order valence-corrected chi connectivity index (χ0v) is 10.3. The third kappa shape index (κ3) is 2.23. The molecule has 4 nitrogen and oxygen atoms in total. The molecule has 0 aromatic carbocycles. The number of nitrogens with one attached hydrogen (secondary N) is 2. The highest BCUT2D eigenvalue weighted by molar-refractivity contribution is 6.29. The lowest BCUT2D eigenvalue weighted by atomic mass is 10.1. The molecule has 0 unspecified atom stereocenters. The van der Waals surface area contributed by atoms with Gasteiger partial charge in [0, 0.05) is 19.7 Å². The number of pyridine rings is 1. The van der Waals surface area contributed by atoms with E-state index in [4.69, 9.17) is 16.3 Å². The first-order valence-corrected chi connectivity index (χ1v) is 5.80. The van der Waals surface area contributed by atoms with Crippen molar-refractivity contribution in [3.63, 3.8) is 0 Å². The van der Waals surface area contributed by atoms with Crippen LogP contribution in [0.5, 0.6) is 5.75 Å². The number of hydrogen-bond acceptors (Lipinski definition) is 4. The lowest BCUT2D eigenvalue weighted by Crippen LogP contribution is -2.33. The summed E-state index contributed by atoms with van der Waals surface area (Å²) in [7, 11) is 3.79. The average Bonchev–Trinajstić information content (AvgIpc) is 2.29. The molecule has 0 fully saturated rings. The molecule has 5 heteroatoms. The first kappa shape index (κ1) is 11.5. The molecular weight excluding hydrogens is 226 g/mol. The van der Waals surface area contributed by atoms with Gasteiger partial charge in [0.1, 0.15) is 11.3 Å². The summed E-state index contributed by atoms with van der Waals surface area (Å²) in [5.41, 5.74) is 1.86. The Labute approximate surface area is 100 Å². The van der Waals surface area contributed by atoms with Gasteiger partial charge < -0.3 is 15.4 Å². The highest BCUT2D eigenvalue weighted by atomic mass is 35.5. The number of anilines is 1. The lowest BCUT2D eigenvalue weighted by Gasteiger charge is -2.27. The second-order valence-corrected chi connectivity index (χ2v) is 4.24. The molecule has 0 saturated heterocycles. The Balaban J connectivity index is 2.28. The smallest absolute Gasteiger partial charge is 0.164 e. The Morgan fingerprint density at radius 1 is 1.56 bits per heavy atom. The van der Waals surface area contributed by atoms with Crippen molar-refractivity contribution in [2.45, 2.75) is 18.9 Å². The molecule has 1 aliphatic rings. The van der Waals surface area contributed by atoms with Crippen molar-refractivity contribution in [2.24, 2.45) is 0 Å². The fraction of sp³-hybridized carbons (Fsp3) is 0.545. The maximum absolute atomic E-state index is 5.94. The predicted octanol–water partition coefficient (Wildman–Crippen LogP) is 1.69. The van der Waals surface area contributed by atoms with Crippen LogP contribution >= 0.6 is 11.6 Å². The number of nitrogens with zero attached hydrogens (tertiary/aromatic N) is 1. The van der Waals surface area contributed by atoms with E-state index in [0.717, 1.165) is 36.5 Å². The predicted molar refractivity (Wildman–Crippen MR) is 65.5 cm³/mol. The second-order valence-electron chi connectivity index (χ2n) is 3.85. The van der Waals surface area contributed by atoms with Crippen molar-refractivity contribution in [3.05, 3.63) is 16.9 Å². The van der Waals surface area contributed by atoms with Gasteiger partial charge in [-0.15, -0.1) is 0 Å². The minimum absolute atomic E-state index is 0.215. The van der Waals surface area contributed by atoms with Gasteiger partial charge in [0.2, 0.25) is 0 Å². The Bertz CT molecular complexity index is 366. The summed E-state index contributed by atoms with van der Waals surface area (Å²) in [6, 6.07) is 1.79. The highest BCUT2D eigenvalue weighted by Gasteiger charge is 2.23. The third-order valence-corrected chi connectivity index (χ3v) is 2.89. The molecule has 1 aromatic rings. The number of ether oxygens (including phenoxy) is 1. The quantitative estimate of drug-likeness (QED) is 0.791. The summed E-state index contributed by atoms with van der Waals surface area (Å²) in [5, 5.41) is 6.73. The van der Waals surface area contributed by atoms with Crippen LogP contribution in [0, 0.1) is 0 Å². The molecule has 0 spiro atoms. The number of rotatable bonds is 3. The maximum Gasteiger partial charge on any atom is 0.164 e. The van der Waals surface area contributed by atoms with Gasteiger partial charge in [-0.25, -0.2) is 4.98 Å². The SMILES string of the molecule is CNC[C@@H]1CCc2nc(Cl)cc(NC)c2O1. The van der Waals surface area contributed by atoms with E-state index >= 15 is 0 Å². The second kappa shape index (κ2) is 4.89. The third-order valence-electron chi connectivity index (χ3n) is 2.70. The Hall–Kier alpha value is -1.00. The van der Waals surface area contributed by atoms with Gasteiger partial charge >= 0.3 is 0 Å². The largest absolute Gasteiger partial charge is 0.485 e. The zero-order valence-electron chi connectivity index (χ0n) is 9.51. The summed E-state index contributed by atoms with van der Waals surface area (Å²) in [6.45, 7) is 0.852. The molecule has 1 aliphatic heterocycles. The summed E-state index contributed by atoms with van der Waals surface area (Å²) in [5.74, 6) is 0.846. The molecule has 1 atom stereocenters. The Kier molecular flexibility index (Phi) is 3.51. The van der Waals surface area contributed by atoms with Crippen LogP contribution in [0.1, 0.15) is 12.1 Å². The fourth-order valence-corrected chi connectivity index (χ4v) is 2.14. The number of aryl methyl sites for hydroxylation is 1. The van der Waals surface area contributed by atoms with E-state index in [1.54, 1.807) is 6.07 Å². The number of likely N-dealkylation sites (N-methyl/N-ethyl adjacent to an activating group) is 1. The maximum atomic E-state index is 5.94. The van der Waals surface area contributed by atoms with E-state index in [-0.39, 0.29) is 6.10 Å². The van der Waals surface area contributed by atoms with Crippen molar-refractivity contribution in [1.82, 2.24) is 10.3 Å². The van der Waals surface area contributed by atoms with E-state index in [2.05, 4.69) is 15.6 Å². The van der Waals surface area contributed by atoms with E-state index in [1.165, 1.54) is 0 Å². The molecule has 2 heterocycles. The van der Waals surface area contributed by atoms with Gasteiger partial charge in [-0.3, -0.25) is 0 Å². The van der Waals surface area contributed by atoms with E-state index in [9.17, 15) is 0 Å². The van der Waals surface area contributed by atoms with Crippen molar-refractivity contribution in [3.8, 4) is 5.75 Å². The van der Waals surface area contributed by atoms with E-state index in [1.807, 2.05) is 14.1 Å². The molecule has 1 aromatic heterocycles. The molecule has 0 aliphatic carbocycles. The highest BCUT2D eigenvalue weighted by Crippen LogP contribution is 2.35. The minimum Gasteiger partial charge on any atom is -0.485 e. The number of halogens is 1. The lowest BCUT2D eigenvalue weighted by molar-refractivity contribution is 0.172. The Morgan fingerprint density at radius 3 is 3.06 bits per heavy atom. The van der Waals surface area contributed by atoms with Crippen LogP contribution in [0.25, 0.3) is 0 Å². The van der Waals surface area contributed by atoms with Gasteiger partial charge in [0.05, 0.1) is 11.4 Å². The van der Waals surface area contributed by atoms with Crippen LogP contribution in [0.2, 0.25) is 5.15 Å². The van der Waals surface area contributed by atoms with Crippen LogP contribution in [0.15, 0.2) is 6.07 Å². The molecule has 0 amide bonds. The van der Waals surface area contributed by atoms with Crippen molar-refractivity contribution >= 4 is 17.3 Å². The molecule has 2 rings (SSSR count). The van der Waals surface area contributed by atoms with Gasteiger partial charge in [-0.05, 0) is 19.9 Å². The topological polar surface area (TPSA) is 46.2 Å². The summed E-state index contributed by atoms with van der Waals surface area (Å²) >= 11 is 5.94. The standard InChI is InChI=1S/C11H16ClN3O/c1-13-6-7-3-4-8-11(16-7)9(14-2)5-10(12)15-8/h5,7,13H,3-4,6H2,1-2H3,(H,14,15)/t7-/m0/s1. The normalized spacial score (nSPS) is 18.8. The van der Waals surface area contributed by atoms with Gasteiger partial charge in [0.25, 0.3) is 0 Å². The molecule has 0 saturated carbocycles. The summed E-state index contributed by atoms with van der Waals surface area (Å²) < 4.78 is 5.90. The Morgan fingerprint density at radius 2 is 2.38 bits per heavy atom. The monoisotopic (exact) mass is 241 g/mol. The van der Waals surface area contributed by atoms with Gasteiger partial charge in [-0.1, -0.05) is 11.6 Å². The minimum atomic E-state index is 0.215. The first-order valence-electron chi connectivity index (χ1n) is 5.43. The van der Waals surface area contributed by atoms with Gasteiger partial charge in [0.15, 0.2) is 5.75 Å². The molecule has 0 radical (unpaired) electrons. The van der Waals surface area contributed by atoms with E-state index in [0.29, 0.717) is 5.15 Å². The van der Waals surface area contributed by atoms with Crippen molar-refractivity contribution in [2.75, 3.05) is 26.0 Å². The van der Waals surface area contributed by atoms with E-state index < -0.39 is 0 Å². The number of aromatic nitrogens is 1. The average molecular weight is 242 g/mol. The van der Waals surface area contributed by atoms with Gasteiger partial charge in [-0.2, -0.15) is 0 Å². The molecular formula is C11H16ClN3O. The number of fused-ring (bicyclic) bond motifs is 1. The van der Waals surface area contributed by atoms with Crippen LogP contribution in [0.4, 0.5) is 5.69 Å². The molecule has 0 bridgehead atoms. The van der Waals surface area contributed by atoms with Crippen molar-refractivity contribution in [1.29, 1.82) is 0 Å². The molecule has 16 heavy (non-hydrogen) atoms. The zero-order chi connectivity index (χ0) is 11.5. The van der Waals surface area contributed by atoms with Crippen LogP contribution in [-0.2, 0) is 6.42 Å². The summed E-state index contributed by atoms with van der Waals surface area (Å²) in [6.07, 6.45) is 2.11. The first-order chi connectivity index (χ1) is 7.74. The summed E-state index contributed by atoms with van der Waals surface area (Å²) in [4.78, 5) is 4.30. The van der Waals surface area contributed by atoms with Crippen LogP contribution in [0.3, 0.4) is 0 Å². The number of hydrogen-bond donors (Lipinski definition) is 2. The van der Waals surface area contributed by atoms with Crippen LogP contribution < -0.4 is 15.4 Å². The molecule has 2 N–H and O–H groups in total. The van der Waals surface area contributed by atoms with Crippen molar-refractivity contribution < 1.29 is 4.74 Å². The van der Waals surface area contributed by atoms with Crippen LogP contribution in [-0.4, -0.2) is 31.7 Å².